The Kier molecular flexibility index (Phi) is 5.16. The van der Waals surface area contributed by atoms with E-state index in [0.717, 1.165) is 11.6 Å². The third-order valence-corrected chi connectivity index (χ3v) is 7.88. The van der Waals surface area contributed by atoms with Crippen LogP contribution in [0.4, 0.5) is 0 Å². The first kappa shape index (κ1) is 20.6. The molecule has 0 spiro atoms. The molecule has 0 amide bonds. The van der Waals surface area contributed by atoms with Crippen LogP contribution in [0.5, 0.6) is 5.75 Å². The second kappa shape index (κ2) is 7.03. The minimum atomic E-state index is -1.40. The molecule has 2 N–H and O–H groups in total. The van der Waals surface area contributed by atoms with Gasteiger partial charge in [-0.2, -0.15) is 0 Å². The maximum Gasteiger partial charge on any atom is 0.310 e. The summed E-state index contributed by atoms with van der Waals surface area (Å²) in [5.41, 5.74) is 1.97. The van der Waals surface area contributed by atoms with Gasteiger partial charge in [-0.05, 0) is 35.7 Å². The number of aryl methyl sites for hydroxylation is 1. The summed E-state index contributed by atoms with van der Waals surface area (Å²) in [4.78, 5) is 37.9. The second-order valence-corrected chi connectivity index (χ2v) is 15.0. The largest absolute Gasteiger partial charge is 0.508 e. The lowest BCUT2D eigenvalue weighted by Gasteiger charge is -2.49. The van der Waals surface area contributed by atoms with E-state index < -0.39 is 49.6 Å². The number of Topliss-reactive ketones (excluding diaryl/α,β-unsaturated/α-hetero) is 1. The molecule has 0 radical (unpaired) electrons. The van der Waals surface area contributed by atoms with Crippen LogP contribution in [0.3, 0.4) is 0 Å². The molecule has 1 saturated carbocycles. The van der Waals surface area contributed by atoms with Crippen molar-refractivity contribution in [1.29, 1.82) is 0 Å². The summed E-state index contributed by atoms with van der Waals surface area (Å²) in [6.45, 7) is 10.3. The first-order chi connectivity index (χ1) is 12.9. The second-order valence-electron chi connectivity index (χ2n) is 9.33. The van der Waals surface area contributed by atoms with Gasteiger partial charge in [0.05, 0.1) is 24.4 Å². The van der Waals surface area contributed by atoms with Gasteiger partial charge in [0.25, 0.3) is 0 Å². The van der Waals surface area contributed by atoms with E-state index >= 15 is 0 Å². The predicted molar refractivity (Wildman–Crippen MR) is 106 cm³/mol. The lowest BCUT2D eigenvalue weighted by molar-refractivity contribution is -0.166. The number of ether oxygens (including phenoxy) is 1. The van der Waals surface area contributed by atoms with E-state index in [2.05, 4.69) is 19.6 Å². The summed E-state index contributed by atoms with van der Waals surface area (Å²) in [5.74, 6) is -5.86. The summed E-state index contributed by atoms with van der Waals surface area (Å²) in [7, 11) is -1.40. The highest BCUT2D eigenvalue weighted by Crippen LogP contribution is 2.57. The first-order valence-corrected chi connectivity index (χ1v) is 13.4. The quantitative estimate of drug-likeness (QED) is 0.577. The number of carbonyl (C=O) groups excluding carboxylic acids is 2. The number of ketones is 1. The molecule has 28 heavy (non-hydrogen) atoms. The molecule has 3 aliphatic rings. The summed E-state index contributed by atoms with van der Waals surface area (Å²) in [5, 5.41) is 20.0. The molecule has 152 valence electrons. The van der Waals surface area contributed by atoms with Crippen LogP contribution in [0.25, 0.3) is 0 Å². The van der Waals surface area contributed by atoms with Crippen LogP contribution >= 0.6 is 0 Å². The summed E-state index contributed by atoms with van der Waals surface area (Å²) in [6, 6.07) is 4.08. The monoisotopic (exact) mass is 404 g/mol. The number of hydrogen-bond donors (Lipinski definition) is 2. The van der Waals surface area contributed by atoms with Crippen molar-refractivity contribution in [3.8, 4) is 5.75 Å². The van der Waals surface area contributed by atoms with Gasteiger partial charge in [-0.25, -0.2) is 0 Å². The van der Waals surface area contributed by atoms with Crippen LogP contribution in [0.15, 0.2) is 12.1 Å². The average Bonchev–Trinajstić information content (AvgIpc) is 2.57. The number of fused-ring (bicyclic) bond motifs is 2. The van der Waals surface area contributed by atoms with Gasteiger partial charge in [-0.15, -0.1) is 0 Å². The molecule has 5 unspecified atom stereocenters. The number of carboxylic acid groups (broad SMARTS) is 1. The number of rotatable bonds is 5. The highest BCUT2D eigenvalue weighted by molar-refractivity contribution is 6.76. The van der Waals surface area contributed by atoms with Crippen LogP contribution < -0.4 is 0 Å². The standard InChI is InChI=1S/C21H28O6Si/c1-10-8-12-13(9-14(10)22)16-17(20(24)25)18(15(12)11(2)19(16)23)21(26)27-6-7-28(3,4)5/h8-9,11,15-18,22H,6-7H2,1-5H3,(H,24,25). The number of carbonyl (C=O) groups is 3. The highest BCUT2D eigenvalue weighted by Gasteiger charge is 2.60. The first-order valence-electron chi connectivity index (χ1n) is 9.70. The fraction of sp³-hybridized carbons (Fsp3) is 0.571. The van der Waals surface area contributed by atoms with Crippen molar-refractivity contribution < 1.29 is 29.3 Å². The smallest absolute Gasteiger partial charge is 0.310 e. The van der Waals surface area contributed by atoms with Gasteiger partial charge in [0.15, 0.2) is 0 Å². The molecule has 0 saturated heterocycles. The molecule has 1 aromatic rings. The molecular formula is C21H28O6Si. The molecule has 0 heterocycles. The summed E-state index contributed by atoms with van der Waals surface area (Å²) in [6.07, 6.45) is 0. The Morgan fingerprint density at radius 2 is 1.79 bits per heavy atom. The minimum Gasteiger partial charge on any atom is -0.508 e. The zero-order valence-electron chi connectivity index (χ0n) is 17.0. The van der Waals surface area contributed by atoms with Crippen molar-refractivity contribution in [3.63, 3.8) is 0 Å². The Morgan fingerprint density at radius 3 is 2.36 bits per heavy atom. The number of phenols is 1. The molecule has 1 aromatic carbocycles. The van der Waals surface area contributed by atoms with Gasteiger partial charge in [0.2, 0.25) is 0 Å². The Hall–Kier alpha value is -2.15. The van der Waals surface area contributed by atoms with Crippen LogP contribution in [-0.4, -0.2) is 42.6 Å². The Bertz CT molecular complexity index is 840. The molecule has 0 aliphatic heterocycles. The van der Waals surface area contributed by atoms with Crippen molar-refractivity contribution in [1.82, 2.24) is 0 Å². The van der Waals surface area contributed by atoms with Gasteiger partial charge in [-0.1, -0.05) is 32.6 Å². The van der Waals surface area contributed by atoms with Crippen molar-refractivity contribution >= 4 is 25.8 Å². The average molecular weight is 405 g/mol. The van der Waals surface area contributed by atoms with Gasteiger partial charge in [0.1, 0.15) is 11.5 Å². The van der Waals surface area contributed by atoms with Crippen molar-refractivity contribution in [2.75, 3.05) is 6.61 Å². The number of aromatic hydroxyl groups is 1. The van der Waals surface area contributed by atoms with E-state index in [9.17, 15) is 24.6 Å². The summed E-state index contributed by atoms with van der Waals surface area (Å²) >= 11 is 0. The zero-order valence-corrected chi connectivity index (χ0v) is 18.0. The number of carboxylic acids is 1. The lowest BCUT2D eigenvalue weighted by atomic mass is 9.52. The van der Waals surface area contributed by atoms with Crippen LogP contribution in [-0.2, 0) is 19.1 Å². The SMILES string of the molecule is Cc1cc2c(cc1O)C1C(=O)C(C)C2C(C(=O)OCC[Si](C)(C)C)C1C(=O)O. The fourth-order valence-electron chi connectivity index (χ4n) is 4.62. The lowest BCUT2D eigenvalue weighted by Crippen LogP contribution is -2.54. The zero-order chi connectivity index (χ0) is 21.0. The third-order valence-electron chi connectivity index (χ3n) is 6.18. The van der Waals surface area contributed by atoms with E-state index in [1.54, 1.807) is 19.9 Å². The number of hydrogen-bond acceptors (Lipinski definition) is 5. The van der Waals surface area contributed by atoms with Gasteiger partial charge >= 0.3 is 11.9 Å². The molecule has 1 fully saturated rings. The molecule has 6 nitrogen and oxygen atoms in total. The number of phenolic OH excluding ortho intramolecular Hbond substituents is 1. The van der Waals surface area contributed by atoms with Gasteiger partial charge in [0, 0.05) is 19.9 Å². The number of benzene rings is 1. The topological polar surface area (TPSA) is 101 Å². The van der Waals surface area contributed by atoms with E-state index in [4.69, 9.17) is 4.74 Å². The number of aliphatic carboxylic acids is 1. The maximum absolute atomic E-state index is 13.0. The highest BCUT2D eigenvalue weighted by atomic mass is 28.3. The van der Waals surface area contributed by atoms with Gasteiger partial charge in [-0.3, -0.25) is 14.4 Å². The Labute approximate surface area is 165 Å². The Morgan fingerprint density at radius 1 is 1.14 bits per heavy atom. The van der Waals surface area contributed by atoms with Crippen LogP contribution in [0.2, 0.25) is 25.7 Å². The molecule has 2 bridgehead atoms. The Balaban J connectivity index is 2.02. The molecule has 0 aromatic heterocycles. The molecule has 4 rings (SSSR count). The molecule has 7 heteroatoms. The van der Waals surface area contributed by atoms with E-state index in [0.29, 0.717) is 11.1 Å². The minimum absolute atomic E-state index is 0.0326. The van der Waals surface area contributed by atoms with Crippen LogP contribution in [0.1, 0.15) is 35.4 Å². The summed E-state index contributed by atoms with van der Waals surface area (Å²) < 4.78 is 5.51. The van der Waals surface area contributed by atoms with Crippen molar-refractivity contribution in [3.05, 3.63) is 28.8 Å². The maximum atomic E-state index is 13.0. The van der Waals surface area contributed by atoms with E-state index in [1.165, 1.54) is 6.07 Å². The van der Waals surface area contributed by atoms with E-state index in [-0.39, 0.29) is 18.1 Å². The normalized spacial score (nSPS) is 28.8. The van der Waals surface area contributed by atoms with Crippen LogP contribution in [0, 0.1) is 24.7 Å². The fourth-order valence-corrected chi connectivity index (χ4v) is 5.34. The molecule has 3 aliphatic carbocycles. The van der Waals surface area contributed by atoms with Gasteiger partial charge < -0.3 is 14.9 Å². The predicted octanol–water partition coefficient (Wildman–Crippen LogP) is 3.30. The number of esters is 1. The van der Waals surface area contributed by atoms with Crippen molar-refractivity contribution in [2.24, 2.45) is 17.8 Å². The third kappa shape index (κ3) is 3.36. The molecule has 5 atom stereocenters. The molecular weight excluding hydrogens is 376 g/mol. The van der Waals surface area contributed by atoms with E-state index in [1.807, 2.05) is 0 Å². The van der Waals surface area contributed by atoms with Crippen molar-refractivity contribution in [2.45, 2.75) is 51.4 Å².